The van der Waals surface area contributed by atoms with Crippen LogP contribution in [0.2, 0.25) is 0 Å². The van der Waals surface area contributed by atoms with Crippen LogP contribution in [0.3, 0.4) is 0 Å². The van der Waals surface area contributed by atoms with Crippen LogP contribution in [0, 0.1) is 28.4 Å². The van der Waals surface area contributed by atoms with Crippen molar-refractivity contribution in [3.63, 3.8) is 0 Å². The van der Waals surface area contributed by atoms with E-state index in [0.717, 1.165) is 0 Å². The molecule has 6 heteroatoms. The second-order valence-corrected chi connectivity index (χ2v) is 3.66. The van der Waals surface area contributed by atoms with Crippen molar-refractivity contribution in [2.45, 2.75) is 20.3 Å². The van der Waals surface area contributed by atoms with Gasteiger partial charge in [-0.2, -0.15) is 5.26 Å². The summed E-state index contributed by atoms with van der Waals surface area (Å²) >= 11 is 0. The van der Waals surface area contributed by atoms with E-state index in [1.807, 2.05) is 6.07 Å². The van der Waals surface area contributed by atoms with Gasteiger partial charge < -0.3 is 4.74 Å². The molecule has 0 aliphatic rings. The van der Waals surface area contributed by atoms with E-state index in [1.54, 1.807) is 13.8 Å². The zero-order valence-electron chi connectivity index (χ0n) is 10.1. The maximum atomic E-state index is 11.4. The highest BCUT2D eigenvalue weighted by molar-refractivity contribution is 5.75. The van der Waals surface area contributed by atoms with Crippen LogP contribution in [0.25, 0.3) is 0 Å². The fourth-order valence-electron chi connectivity index (χ4n) is 1.60. The first-order valence-corrected chi connectivity index (χ1v) is 5.33. The number of benzene rings is 1. The van der Waals surface area contributed by atoms with Crippen molar-refractivity contribution in [2.75, 3.05) is 6.61 Å². The molecule has 1 aromatic rings. The smallest absolute Gasteiger partial charge is 0.310 e. The molecule has 0 heterocycles. The summed E-state index contributed by atoms with van der Waals surface area (Å²) in [7, 11) is 0. The van der Waals surface area contributed by atoms with Gasteiger partial charge in [0.15, 0.2) is 0 Å². The summed E-state index contributed by atoms with van der Waals surface area (Å²) < 4.78 is 4.74. The number of nitrogens with zero attached hydrogens (tertiary/aromatic N) is 2. The number of rotatable bonds is 4. The average molecular weight is 248 g/mol. The molecule has 18 heavy (non-hydrogen) atoms. The molecule has 0 amide bonds. The minimum Gasteiger partial charge on any atom is -0.466 e. The lowest BCUT2D eigenvalue weighted by atomic mass is 10.0. The van der Waals surface area contributed by atoms with Crippen molar-refractivity contribution < 1.29 is 14.5 Å². The summed E-state index contributed by atoms with van der Waals surface area (Å²) in [6, 6.07) is 4.73. The third-order valence-corrected chi connectivity index (χ3v) is 2.31. The van der Waals surface area contributed by atoms with Crippen molar-refractivity contribution in [3.8, 4) is 6.07 Å². The summed E-state index contributed by atoms with van der Waals surface area (Å²) in [4.78, 5) is 21.7. The number of esters is 1. The van der Waals surface area contributed by atoms with E-state index in [4.69, 9.17) is 10.00 Å². The Kier molecular flexibility index (Phi) is 4.38. The molecular weight excluding hydrogens is 236 g/mol. The number of nitro benzene ring substituents is 1. The number of nitriles is 1. The Bertz CT molecular complexity index is 532. The second kappa shape index (κ2) is 5.77. The predicted octanol–water partition coefficient (Wildman–Crippen LogP) is 1.88. The molecule has 0 atom stereocenters. The van der Waals surface area contributed by atoms with Crippen LogP contribution in [-0.2, 0) is 16.0 Å². The van der Waals surface area contributed by atoms with Gasteiger partial charge in [-0.1, -0.05) is 0 Å². The van der Waals surface area contributed by atoms with Gasteiger partial charge in [0.25, 0.3) is 5.69 Å². The number of carbonyl (C=O) groups is 1. The van der Waals surface area contributed by atoms with Gasteiger partial charge in [0.2, 0.25) is 0 Å². The van der Waals surface area contributed by atoms with Crippen molar-refractivity contribution in [1.82, 2.24) is 0 Å². The standard InChI is InChI=1S/C12H12N2O4/c1-3-18-12(15)6-10-9(7-13)4-8(2)5-11(10)14(16)17/h4-5H,3,6H2,1-2H3. The Morgan fingerprint density at radius 2 is 2.22 bits per heavy atom. The summed E-state index contributed by atoms with van der Waals surface area (Å²) in [5.74, 6) is -0.582. The first-order valence-electron chi connectivity index (χ1n) is 5.33. The summed E-state index contributed by atoms with van der Waals surface area (Å²) in [5, 5.41) is 19.9. The minimum atomic E-state index is -0.595. The van der Waals surface area contributed by atoms with Gasteiger partial charge in [0, 0.05) is 6.07 Å². The maximum Gasteiger partial charge on any atom is 0.310 e. The number of aryl methyl sites for hydroxylation is 1. The molecule has 0 fully saturated rings. The molecule has 0 saturated carbocycles. The predicted molar refractivity (Wildman–Crippen MR) is 62.9 cm³/mol. The van der Waals surface area contributed by atoms with E-state index >= 15 is 0 Å². The van der Waals surface area contributed by atoms with Gasteiger partial charge in [0.1, 0.15) is 0 Å². The Labute approximate surface area is 104 Å². The lowest BCUT2D eigenvalue weighted by molar-refractivity contribution is -0.385. The molecule has 6 nitrogen and oxygen atoms in total. The number of carbonyl (C=O) groups excluding carboxylic acids is 1. The average Bonchev–Trinajstić information content (AvgIpc) is 2.30. The van der Waals surface area contributed by atoms with E-state index in [9.17, 15) is 14.9 Å². The molecule has 0 bridgehead atoms. The summed E-state index contributed by atoms with van der Waals surface area (Å²) in [6.07, 6.45) is -0.271. The van der Waals surface area contributed by atoms with E-state index in [2.05, 4.69) is 0 Å². The lowest BCUT2D eigenvalue weighted by Crippen LogP contribution is -2.11. The SMILES string of the molecule is CCOC(=O)Cc1c(C#N)cc(C)cc1[N+](=O)[O-]. The largest absolute Gasteiger partial charge is 0.466 e. The lowest BCUT2D eigenvalue weighted by Gasteiger charge is -2.06. The fourth-order valence-corrected chi connectivity index (χ4v) is 1.60. The number of ether oxygens (including phenoxy) is 1. The highest BCUT2D eigenvalue weighted by atomic mass is 16.6. The molecule has 0 aliphatic heterocycles. The number of hydrogen-bond donors (Lipinski definition) is 0. The molecule has 0 spiro atoms. The van der Waals surface area contributed by atoms with Crippen LogP contribution in [0.15, 0.2) is 12.1 Å². The highest BCUT2D eigenvalue weighted by Gasteiger charge is 2.21. The van der Waals surface area contributed by atoms with Crippen molar-refractivity contribution >= 4 is 11.7 Å². The normalized spacial score (nSPS) is 9.61. The van der Waals surface area contributed by atoms with Crippen LogP contribution < -0.4 is 0 Å². The second-order valence-electron chi connectivity index (χ2n) is 3.66. The quantitative estimate of drug-likeness (QED) is 0.460. The van der Waals surface area contributed by atoms with E-state index in [0.29, 0.717) is 5.56 Å². The number of nitro groups is 1. The van der Waals surface area contributed by atoms with Crippen LogP contribution in [0.4, 0.5) is 5.69 Å². The zero-order valence-corrected chi connectivity index (χ0v) is 10.1. The van der Waals surface area contributed by atoms with Gasteiger partial charge in [-0.15, -0.1) is 0 Å². The Morgan fingerprint density at radius 3 is 2.72 bits per heavy atom. The van der Waals surface area contributed by atoms with E-state index < -0.39 is 10.9 Å². The third kappa shape index (κ3) is 3.04. The fraction of sp³-hybridized carbons (Fsp3) is 0.333. The molecule has 0 aliphatic carbocycles. The van der Waals surface area contributed by atoms with Crippen LogP contribution in [0.1, 0.15) is 23.6 Å². The van der Waals surface area contributed by atoms with Crippen molar-refractivity contribution in [2.24, 2.45) is 0 Å². The van der Waals surface area contributed by atoms with Gasteiger partial charge in [-0.3, -0.25) is 14.9 Å². The first kappa shape index (κ1) is 13.6. The molecule has 1 rings (SSSR count). The molecule has 1 aromatic carbocycles. The maximum absolute atomic E-state index is 11.4. The Hall–Kier alpha value is -2.42. The van der Waals surface area contributed by atoms with Gasteiger partial charge in [0.05, 0.1) is 35.1 Å². The molecule has 0 N–H and O–H groups in total. The van der Waals surface area contributed by atoms with Crippen molar-refractivity contribution in [3.05, 3.63) is 38.9 Å². The van der Waals surface area contributed by atoms with Gasteiger partial charge in [-0.05, 0) is 25.5 Å². The highest BCUT2D eigenvalue weighted by Crippen LogP contribution is 2.25. The minimum absolute atomic E-state index is 0.103. The topological polar surface area (TPSA) is 93.2 Å². The van der Waals surface area contributed by atoms with Gasteiger partial charge in [-0.25, -0.2) is 0 Å². The van der Waals surface area contributed by atoms with Crippen LogP contribution >= 0.6 is 0 Å². The molecular formula is C12H12N2O4. The third-order valence-electron chi connectivity index (χ3n) is 2.31. The van der Waals surface area contributed by atoms with Gasteiger partial charge >= 0.3 is 5.97 Å². The Morgan fingerprint density at radius 1 is 1.56 bits per heavy atom. The van der Waals surface area contributed by atoms with Crippen LogP contribution in [0.5, 0.6) is 0 Å². The van der Waals surface area contributed by atoms with E-state index in [1.165, 1.54) is 12.1 Å². The Balaban J connectivity index is 3.26. The molecule has 0 unspecified atom stereocenters. The summed E-state index contributed by atoms with van der Waals surface area (Å²) in [5.41, 5.74) is 0.617. The molecule has 0 radical (unpaired) electrons. The molecule has 94 valence electrons. The number of hydrogen-bond acceptors (Lipinski definition) is 5. The van der Waals surface area contributed by atoms with Crippen molar-refractivity contribution in [1.29, 1.82) is 5.26 Å². The molecule has 0 aromatic heterocycles. The monoisotopic (exact) mass is 248 g/mol. The van der Waals surface area contributed by atoms with Crippen LogP contribution in [-0.4, -0.2) is 17.5 Å². The summed E-state index contributed by atoms with van der Waals surface area (Å²) in [6.45, 7) is 3.50. The first-order chi connectivity index (χ1) is 8.49. The molecule has 0 saturated heterocycles. The van der Waals surface area contributed by atoms with E-state index in [-0.39, 0.29) is 29.8 Å². The zero-order chi connectivity index (χ0) is 13.7.